The number of aliphatic carboxylic acids is 1. The first kappa shape index (κ1) is 47.4. The highest BCUT2D eigenvalue weighted by Gasteiger charge is 2.21. The molecule has 0 bridgehead atoms. The highest BCUT2D eigenvalue weighted by Crippen LogP contribution is 2.32. The molecule has 5 amide bonds. The van der Waals surface area contributed by atoms with Crippen molar-refractivity contribution in [3.8, 4) is 11.5 Å². The number of carbonyl (C=O) groups excluding carboxylic acids is 7. The number of nitrogens with one attached hydrogen (secondary N) is 3. The molecule has 2 aromatic carbocycles. The highest BCUT2D eigenvalue weighted by atomic mass is 16.6. The van der Waals surface area contributed by atoms with E-state index in [1.165, 1.54) is 30.0 Å². The molecule has 0 saturated carbocycles. The molecule has 0 heterocycles. The first-order valence-electron chi connectivity index (χ1n) is 19.2. The van der Waals surface area contributed by atoms with Gasteiger partial charge in [-0.2, -0.15) is 0 Å². The number of hydrogen-bond acceptors (Lipinski definition) is 10. The van der Waals surface area contributed by atoms with Crippen LogP contribution in [-0.4, -0.2) is 109 Å². The van der Waals surface area contributed by atoms with Gasteiger partial charge < -0.3 is 40.3 Å². The summed E-state index contributed by atoms with van der Waals surface area (Å²) < 4.78 is 10.3. The Hall–Kier alpha value is -5.80. The molecular formula is C41H57N5O11. The van der Waals surface area contributed by atoms with Crippen molar-refractivity contribution < 1.29 is 52.9 Å². The molecule has 0 spiro atoms. The van der Waals surface area contributed by atoms with Crippen LogP contribution in [0.3, 0.4) is 0 Å². The molecule has 16 nitrogen and oxygen atoms in total. The Bertz CT molecular complexity index is 1730. The molecule has 312 valence electrons. The third-order valence-corrected chi connectivity index (χ3v) is 8.99. The summed E-state index contributed by atoms with van der Waals surface area (Å²) in [6.07, 6.45) is 3.35. The van der Waals surface area contributed by atoms with Gasteiger partial charge in [0.25, 0.3) is 11.8 Å². The van der Waals surface area contributed by atoms with Gasteiger partial charge in [0.05, 0.1) is 12.0 Å². The van der Waals surface area contributed by atoms with Gasteiger partial charge in [-0.25, -0.2) is 0 Å². The van der Waals surface area contributed by atoms with Gasteiger partial charge in [0.15, 0.2) is 11.5 Å². The number of hydrogen-bond donors (Lipinski definition) is 4. The van der Waals surface area contributed by atoms with Crippen molar-refractivity contribution in [1.29, 1.82) is 0 Å². The molecule has 2 aromatic rings. The minimum atomic E-state index is -1.02. The van der Waals surface area contributed by atoms with Crippen molar-refractivity contribution in [2.75, 3.05) is 46.3 Å². The zero-order chi connectivity index (χ0) is 42.3. The van der Waals surface area contributed by atoms with E-state index in [9.17, 15) is 38.4 Å². The Morgan fingerprint density at radius 3 is 1.86 bits per heavy atom. The normalized spacial score (nSPS) is 10.5. The van der Waals surface area contributed by atoms with Crippen LogP contribution in [0.4, 0.5) is 0 Å². The molecule has 0 atom stereocenters. The average molecular weight is 796 g/mol. The van der Waals surface area contributed by atoms with Gasteiger partial charge in [-0.05, 0) is 81.7 Å². The molecule has 4 N–H and O–H groups in total. The summed E-state index contributed by atoms with van der Waals surface area (Å²) in [6, 6.07) is 9.87. The Morgan fingerprint density at radius 2 is 1.18 bits per heavy atom. The maximum Gasteiger partial charge on any atom is 0.308 e. The Labute approximate surface area is 334 Å². The van der Waals surface area contributed by atoms with Crippen molar-refractivity contribution in [1.82, 2.24) is 25.8 Å². The van der Waals surface area contributed by atoms with E-state index in [1.54, 1.807) is 18.0 Å². The monoisotopic (exact) mass is 795 g/mol. The summed E-state index contributed by atoms with van der Waals surface area (Å²) in [7, 11) is 1.63. The largest absolute Gasteiger partial charge is 0.481 e. The van der Waals surface area contributed by atoms with Gasteiger partial charge >= 0.3 is 17.9 Å². The topological polar surface area (TPSA) is 218 Å². The fourth-order valence-electron chi connectivity index (χ4n) is 5.70. The number of benzene rings is 2. The molecule has 0 fully saturated rings. The van der Waals surface area contributed by atoms with Crippen LogP contribution in [0, 0.1) is 13.8 Å². The lowest BCUT2D eigenvalue weighted by Gasteiger charge is -2.23. The number of aryl methyl sites for hydroxylation is 1. The summed E-state index contributed by atoms with van der Waals surface area (Å²) >= 11 is 0. The van der Waals surface area contributed by atoms with Crippen molar-refractivity contribution in [3.05, 3.63) is 58.7 Å². The van der Waals surface area contributed by atoms with Crippen LogP contribution in [0.2, 0.25) is 0 Å². The zero-order valence-corrected chi connectivity index (χ0v) is 33.7. The van der Waals surface area contributed by atoms with E-state index in [4.69, 9.17) is 14.6 Å². The van der Waals surface area contributed by atoms with E-state index in [0.717, 1.165) is 24.5 Å². The fourth-order valence-corrected chi connectivity index (χ4v) is 5.70. The van der Waals surface area contributed by atoms with Crippen LogP contribution in [0.1, 0.15) is 110 Å². The van der Waals surface area contributed by atoms with Crippen LogP contribution >= 0.6 is 0 Å². The number of amides is 5. The number of carboxylic acids is 1. The molecule has 0 aliphatic heterocycles. The van der Waals surface area contributed by atoms with Gasteiger partial charge in [-0.1, -0.05) is 18.2 Å². The van der Waals surface area contributed by atoms with Gasteiger partial charge in [0.1, 0.15) is 0 Å². The van der Waals surface area contributed by atoms with Crippen LogP contribution < -0.4 is 25.4 Å². The van der Waals surface area contributed by atoms with Crippen LogP contribution in [-0.2, 0) is 28.8 Å². The number of carbonyl (C=O) groups is 8. The van der Waals surface area contributed by atoms with Crippen LogP contribution in [0.25, 0.3) is 0 Å². The first-order valence-corrected chi connectivity index (χ1v) is 19.2. The zero-order valence-electron chi connectivity index (χ0n) is 33.7. The summed E-state index contributed by atoms with van der Waals surface area (Å²) in [6.45, 7) is 8.26. The number of para-hydroxylation sites is 1. The minimum Gasteiger partial charge on any atom is -0.481 e. The summed E-state index contributed by atoms with van der Waals surface area (Å²) in [5, 5.41) is 17.2. The van der Waals surface area contributed by atoms with Crippen molar-refractivity contribution >= 4 is 47.4 Å². The van der Waals surface area contributed by atoms with E-state index in [-0.39, 0.29) is 79.5 Å². The van der Waals surface area contributed by atoms with Crippen molar-refractivity contribution in [3.63, 3.8) is 0 Å². The van der Waals surface area contributed by atoms with Gasteiger partial charge in [-0.15, -0.1) is 0 Å². The summed E-state index contributed by atoms with van der Waals surface area (Å²) in [5.74, 6) is -4.14. The predicted molar refractivity (Wildman–Crippen MR) is 211 cm³/mol. The molecule has 0 radical (unpaired) electrons. The van der Waals surface area contributed by atoms with E-state index in [1.807, 2.05) is 26.0 Å². The van der Waals surface area contributed by atoms with Crippen LogP contribution in [0.15, 0.2) is 36.4 Å². The van der Waals surface area contributed by atoms with Gasteiger partial charge in [0.2, 0.25) is 17.7 Å². The second-order valence-electron chi connectivity index (χ2n) is 13.6. The van der Waals surface area contributed by atoms with Crippen molar-refractivity contribution in [2.45, 2.75) is 91.9 Å². The Morgan fingerprint density at radius 1 is 0.614 bits per heavy atom. The lowest BCUT2D eigenvalue weighted by Crippen LogP contribution is -2.36. The van der Waals surface area contributed by atoms with E-state index in [0.29, 0.717) is 63.8 Å². The smallest absolute Gasteiger partial charge is 0.308 e. The third kappa shape index (κ3) is 18.1. The number of carboxylic acid groups (broad SMARTS) is 1. The Kier molecular flexibility index (Phi) is 21.1. The number of esters is 2. The summed E-state index contributed by atoms with van der Waals surface area (Å²) in [4.78, 5) is 101. The number of unbranched alkanes of at least 4 members (excludes halogenated alkanes) is 3. The van der Waals surface area contributed by atoms with Gasteiger partial charge in [0, 0.05) is 85.0 Å². The van der Waals surface area contributed by atoms with Gasteiger partial charge in [-0.3, -0.25) is 38.4 Å². The highest BCUT2D eigenvalue weighted by molar-refractivity contribution is 5.99. The standard InChI is InChI=1S/C41H57N5O11/c1-28-14-11-15-32(29(28)2)40(54)43-23-8-10-26-46(27-13-24-44-41(55)33-16-12-17-34(56-30(3)47)39(33)57-31(4)48)37(51)19-18-35(49)42-22-7-6-9-25-45(5)36(50)20-21-38(52)53/h11-12,14-17H,6-10,13,18-27H2,1-5H3,(H,42,49)(H,43,54)(H,44,55)(H,52,53). The first-order chi connectivity index (χ1) is 27.1. The average Bonchev–Trinajstić information content (AvgIpc) is 3.15. The SMILES string of the molecule is CC(=O)Oc1cccc(C(=O)NCCCN(CCCCNC(=O)c2cccc(C)c2C)C(=O)CCC(=O)NCCCCCN(C)C(=O)CCC(=O)O)c1OC(C)=O. The molecule has 0 aliphatic carbocycles. The maximum atomic E-state index is 13.3. The summed E-state index contributed by atoms with van der Waals surface area (Å²) in [5.41, 5.74) is 2.53. The maximum absolute atomic E-state index is 13.3. The number of ether oxygens (including phenoxy) is 2. The second-order valence-corrected chi connectivity index (χ2v) is 13.6. The lowest BCUT2D eigenvalue weighted by molar-refractivity contribution is -0.140. The van der Waals surface area contributed by atoms with E-state index in [2.05, 4.69) is 16.0 Å². The second kappa shape index (κ2) is 25.4. The molecule has 0 aliphatic rings. The number of rotatable bonds is 25. The van der Waals surface area contributed by atoms with E-state index < -0.39 is 23.8 Å². The molecule has 2 rings (SSSR count). The Balaban J connectivity index is 1.91. The predicted octanol–water partition coefficient (Wildman–Crippen LogP) is 3.70. The number of nitrogens with zero attached hydrogens (tertiary/aromatic N) is 2. The fraction of sp³-hybridized carbons (Fsp3) is 0.512. The molecule has 0 unspecified atom stereocenters. The lowest BCUT2D eigenvalue weighted by atomic mass is 10.0. The van der Waals surface area contributed by atoms with Crippen molar-refractivity contribution in [2.24, 2.45) is 0 Å². The van der Waals surface area contributed by atoms with Crippen LogP contribution in [0.5, 0.6) is 11.5 Å². The third-order valence-electron chi connectivity index (χ3n) is 8.99. The molecule has 16 heteroatoms. The molecule has 57 heavy (non-hydrogen) atoms. The molecular weight excluding hydrogens is 738 g/mol. The van der Waals surface area contributed by atoms with E-state index >= 15 is 0 Å². The molecule has 0 aromatic heterocycles. The minimum absolute atomic E-state index is 0.0128. The quantitative estimate of drug-likeness (QED) is 0.0645. The molecule has 0 saturated heterocycles.